The lowest BCUT2D eigenvalue weighted by Crippen LogP contribution is -3.05. The zero-order valence-corrected chi connectivity index (χ0v) is 13.3. The number of hydrogen-bond donors (Lipinski definition) is 1. The van der Waals surface area contributed by atoms with Crippen molar-refractivity contribution in [1.82, 2.24) is 0 Å². The van der Waals surface area contributed by atoms with Gasteiger partial charge in [-0.15, -0.1) is 0 Å². The summed E-state index contributed by atoms with van der Waals surface area (Å²) in [5, 5.41) is 0. The second kappa shape index (κ2) is 8.35. The maximum absolute atomic E-state index is 12.6. The first-order valence-corrected chi connectivity index (χ1v) is 7.74. The van der Waals surface area contributed by atoms with Gasteiger partial charge in [-0.1, -0.05) is 60.7 Å². The van der Waals surface area contributed by atoms with Crippen LogP contribution in [0.25, 0.3) is 0 Å². The van der Waals surface area contributed by atoms with Crippen LogP contribution in [-0.2, 0) is 9.53 Å². The molecule has 0 unspecified atom stereocenters. The molecule has 2 aromatic carbocycles. The summed E-state index contributed by atoms with van der Waals surface area (Å²) in [5.41, 5.74) is 1.94. The van der Waals surface area contributed by atoms with Gasteiger partial charge in [-0.05, 0) is 11.1 Å². The minimum absolute atomic E-state index is 0.175. The zero-order chi connectivity index (χ0) is 15.8. The molecule has 22 heavy (non-hydrogen) atoms. The van der Waals surface area contributed by atoms with E-state index in [1.807, 2.05) is 60.7 Å². The first-order valence-electron chi connectivity index (χ1n) is 7.74. The topological polar surface area (TPSA) is 30.7 Å². The van der Waals surface area contributed by atoms with Crippen molar-refractivity contribution in [3.05, 3.63) is 71.8 Å². The molecule has 0 aromatic heterocycles. The van der Waals surface area contributed by atoms with Crippen LogP contribution in [0.5, 0.6) is 0 Å². The van der Waals surface area contributed by atoms with Crippen LogP contribution in [-0.4, -0.2) is 33.2 Å². The Morgan fingerprint density at radius 2 is 1.45 bits per heavy atom. The molecule has 0 atom stereocenters. The number of rotatable bonds is 7. The lowest BCUT2D eigenvalue weighted by molar-refractivity contribution is -0.858. The molecule has 3 nitrogen and oxygen atoms in total. The second-order valence-electron chi connectivity index (χ2n) is 5.73. The molecule has 0 bridgehead atoms. The molecule has 116 valence electrons. The van der Waals surface area contributed by atoms with Gasteiger partial charge in [0.05, 0.1) is 27.2 Å². The summed E-state index contributed by atoms with van der Waals surface area (Å²) in [6.45, 7) is 1.47. The van der Waals surface area contributed by atoms with Gasteiger partial charge in [-0.25, -0.2) is 0 Å². The minimum atomic E-state index is -0.353. The zero-order valence-electron chi connectivity index (χ0n) is 13.3. The van der Waals surface area contributed by atoms with Gasteiger partial charge in [0, 0.05) is 6.42 Å². The van der Waals surface area contributed by atoms with Crippen LogP contribution in [0.15, 0.2) is 60.7 Å². The molecule has 0 amide bonds. The SMILES string of the molecule is C[NH+](C)CCCOC(=O)C(c1ccccc1)c1ccccc1. The quantitative estimate of drug-likeness (QED) is 0.625. The summed E-state index contributed by atoms with van der Waals surface area (Å²) >= 11 is 0. The van der Waals surface area contributed by atoms with E-state index in [0.717, 1.165) is 24.1 Å². The van der Waals surface area contributed by atoms with Gasteiger partial charge in [0.1, 0.15) is 5.92 Å². The number of esters is 1. The normalized spacial score (nSPS) is 10.9. The van der Waals surface area contributed by atoms with Crippen molar-refractivity contribution in [1.29, 1.82) is 0 Å². The summed E-state index contributed by atoms with van der Waals surface area (Å²) in [6, 6.07) is 19.6. The Balaban J connectivity index is 2.10. The van der Waals surface area contributed by atoms with Crippen molar-refractivity contribution in [2.45, 2.75) is 12.3 Å². The Kier molecular flexibility index (Phi) is 6.16. The largest absolute Gasteiger partial charge is 0.465 e. The average molecular weight is 298 g/mol. The van der Waals surface area contributed by atoms with Crippen LogP contribution in [0.1, 0.15) is 23.5 Å². The van der Waals surface area contributed by atoms with Crippen LogP contribution in [0.3, 0.4) is 0 Å². The standard InChI is InChI=1S/C19H23NO2/c1-20(2)14-9-15-22-19(21)18(16-10-5-3-6-11-16)17-12-7-4-8-13-17/h3-8,10-13,18H,9,14-15H2,1-2H3/p+1. The minimum Gasteiger partial charge on any atom is -0.465 e. The molecule has 2 aromatic rings. The van der Waals surface area contributed by atoms with E-state index in [4.69, 9.17) is 4.74 Å². The van der Waals surface area contributed by atoms with Crippen LogP contribution >= 0.6 is 0 Å². The van der Waals surface area contributed by atoms with Crippen molar-refractivity contribution < 1.29 is 14.4 Å². The maximum atomic E-state index is 12.6. The van der Waals surface area contributed by atoms with Gasteiger partial charge in [0.15, 0.2) is 0 Å². The molecule has 0 aliphatic carbocycles. The van der Waals surface area contributed by atoms with E-state index in [-0.39, 0.29) is 11.9 Å². The van der Waals surface area contributed by atoms with Gasteiger partial charge < -0.3 is 9.64 Å². The first-order chi connectivity index (χ1) is 10.7. The molecule has 0 saturated carbocycles. The Bertz CT molecular complexity index is 527. The monoisotopic (exact) mass is 298 g/mol. The second-order valence-corrected chi connectivity index (χ2v) is 5.73. The van der Waals surface area contributed by atoms with Gasteiger partial charge in [0.2, 0.25) is 0 Å². The molecular weight excluding hydrogens is 274 g/mol. The fourth-order valence-corrected chi connectivity index (χ4v) is 2.44. The molecule has 0 radical (unpaired) electrons. The molecule has 1 N–H and O–H groups in total. The lowest BCUT2D eigenvalue weighted by atomic mass is 9.91. The molecule has 2 rings (SSSR count). The third-order valence-corrected chi connectivity index (χ3v) is 3.57. The summed E-state index contributed by atoms with van der Waals surface area (Å²) in [5.74, 6) is -0.528. The highest BCUT2D eigenvalue weighted by Gasteiger charge is 2.23. The van der Waals surface area contributed by atoms with Gasteiger partial charge in [-0.3, -0.25) is 4.79 Å². The number of carbonyl (C=O) groups is 1. The summed E-state index contributed by atoms with van der Waals surface area (Å²) < 4.78 is 5.51. The Morgan fingerprint density at radius 3 is 1.91 bits per heavy atom. The van der Waals surface area contributed by atoms with Crippen molar-refractivity contribution in [3.8, 4) is 0 Å². The smallest absolute Gasteiger partial charge is 0.317 e. The van der Waals surface area contributed by atoms with Crippen LogP contribution in [0, 0.1) is 0 Å². The van der Waals surface area contributed by atoms with Gasteiger partial charge in [-0.2, -0.15) is 0 Å². The average Bonchev–Trinajstić information content (AvgIpc) is 2.54. The van der Waals surface area contributed by atoms with Gasteiger partial charge >= 0.3 is 5.97 Å². The van der Waals surface area contributed by atoms with Crippen LogP contribution in [0.2, 0.25) is 0 Å². The molecule has 0 saturated heterocycles. The van der Waals surface area contributed by atoms with Gasteiger partial charge in [0.25, 0.3) is 0 Å². The molecular formula is C19H24NO2+. The number of hydrogen-bond acceptors (Lipinski definition) is 2. The summed E-state index contributed by atoms with van der Waals surface area (Å²) in [6.07, 6.45) is 0.879. The number of nitrogens with one attached hydrogen (secondary N) is 1. The first kappa shape index (κ1) is 16.2. The number of carbonyl (C=O) groups excluding carboxylic acids is 1. The highest BCUT2D eigenvalue weighted by Crippen LogP contribution is 2.25. The van der Waals surface area contributed by atoms with E-state index >= 15 is 0 Å². The van der Waals surface area contributed by atoms with Crippen molar-refractivity contribution in [2.24, 2.45) is 0 Å². The molecule has 0 aliphatic heterocycles. The van der Waals surface area contributed by atoms with Crippen molar-refractivity contribution in [2.75, 3.05) is 27.2 Å². The molecule has 3 heteroatoms. The summed E-state index contributed by atoms with van der Waals surface area (Å²) in [7, 11) is 4.19. The van der Waals surface area contributed by atoms with E-state index < -0.39 is 0 Å². The van der Waals surface area contributed by atoms with Crippen LogP contribution < -0.4 is 4.90 Å². The van der Waals surface area contributed by atoms with Crippen LogP contribution in [0.4, 0.5) is 0 Å². The highest BCUT2D eigenvalue weighted by molar-refractivity contribution is 5.82. The van der Waals surface area contributed by atoms with E-state index in [2.05, 4.69) is 14.1 Å². The maximum Gasteiger partial charge on any atom is 0.317 e. The Morgan fingerprint density at radius 1 is 0.955 bits per heavy atom. The third-order valence-electron chi connectivity index (χ3n) is 3.57. The lowest BCUT2D eigenvalue weighted by Gasteiger charge is -2.17. The van der Waals surface area contributed by atoms with E-state index in [9.17, 15) is 4.79 Å². The Labute approximate surface area is 132 Å². The Hall–Kier alpha value is -2.13. The van der Waals surface area contributed by atoms with Crippen molar-refractivity contribution >= 4 is 5.97 Å². The molecule has 0 aliphatic rings. The van der Waals surface area contributed by atoms with Crippen molar-refractivity contribution in [3.63, 3.8) is 0 Å². The third kappa shape index (κ3) is 4.71. The predicted octanol–water partition coefficient (Wildman–Crippen LogP) is 1.90. The van der Waals surface area contributed by atoms with E-state index in [0.29, 0.717) is 6.61 Å². The molecule has 0 fully saturated rings. The highest BCUT2D eigenvalue weighted by atomic mass is 16.5. The van der Waals surface area contributed by atoms with E-state index in [1.54, 1.807) is 0 Å². The molecule has 0 heterocycles. The molecule has 0 spiro atoms. The summed E-state index contributed by atoms with van der Waals surface area (Å²) in [4.78, 5) is 13.9. The number of quaternary nitrogens is 1. The number of benzene rings is 2. The fourth-order valence-electron chi connectivity index (χ4n) is 2.44. The van der Waals surface area contributed by atoms with E-state index in [1.165, 1.54) is 4.90 Å². The fraction of sp³-hybridized carbons (Fsp3) is 0.316. The number of ether oxygens (including phenoxy) is 1. The predicted molar refractivity (Wildman–Crippen MR) is 88.0 cm³/mol.